The van der Waals surface area contributed by atoms with Gasteiger partial charge in [0.25, 0.3) is 11.7 Å². The lowest BCUT2D eigenvalue weighted by Crippen LogP contribution is -3.15. The second-order valence-electron chi connectivity index (χ2n) is 9.02. The van der Waals surface area contributed by atoms with Gasteiger partial charge >= 0.3 is 0 Å². The zero-order valence-corrected chi connectivity index (χ0v) is 16.1. The summed E-state index contributed by atoms with van der Waals surface area (Å²) in [5, 5.41) is 0. The topological polar surface area (TPSA) is 52.4 Å². The van der Waals surface area contributed by atoms with Crippen LogP contribution in [-0.2, 0) is 24.8 Å². The van der Waals surface area contributed by atoms with Gasteiger partial charge in [0.2, 0.25) is 0 Å². The Morgan fingerprint density at radius 3 is 2.61 bits per heavy atom. The number of benzene rings is 1. The summed E-state index contributed by atoms with van der Waals surface area (Å²) in [6, 6.07) is 7.95. The van der Waals surface area contributed by atoms with Gasteiger partial charge in [0.1, 0.15) is 13.1 Å². The molecular formula is C22H27N2O4+. The third-order valence-corrected chi connectivity index (χ3v) is 7.41. The van der Waals surface area contributed by atoms with Crippen LogP contribution in [0.1, 0.15) is 18.4 Å². The molecule has 2 saturated heterocycles. The third-order valence-electron chi connectivity index (χ3n) is 7.41. The Bertz CT molecular complexity index is 824. The van der Waals surface area contributed by atoms with E-state index in [1.54, 1.807) is 0 Å². The van der Waals surface area contributed by atoms with Gasteiger partial charge in [-0.25, -0.2) is 0 Å². The Morgan fingerprint density at radius 1 is 1.11 bits per heavy atom. The second kappa shape index (κ2) is 6.13. The smallest absolute Gasteiger partial charge is 0.296 e. The molecule has 3 aliphatic heterocycles. The molecular weight excluding hydrogens is 356 g/mol. The number of nitrogens with one attached hydrogen (secondary N) is 1. The van der Waals surface area contributed by atoms with Crippen LogP contribution in [0.2, 0.25) is 0 Å². The first-order valence-electron chi connectivity index (χ1n) is 10.5. The van der Waals surface area contributed by atoms with Crippen LogP contribution in [0.5, 0.6) is 0 Å². The van der Waals surface area contributed by atoms with Crippen LogP contribution in [0, 0.1) is 17.3 Å². The monoisotopic (exact) mass is 383 g/mol. The fourth-order valence-electron chi connectivity index (χ4n) is 5.83. The molecule has 0 aromatic heterocycles. The molecule has 2 aliphatic carbocycles. The quantitative estimate of drug-likeness (QED) is 0.764. The van der Waals surface area contributed by atoms with Crippen LogP contribution in [0.15, 0.2) is 36.4 Å². The molecule has 1 N–H and O–H groups in total. The Balaban J connectivity index is 1.29. The lowest BCUT2D eigenvalue weighted by Gasteiger charge is -2.45. The minimum absolute atomic E-state index is 0.0444. The maximum absolute atomic E-state index is 13.6. The van der Waals surface area contributed by atoms with E-state index in [1.807, 2.05) is 29.2 Å². The molecule has 3 heterocycles. The molecule has 148 valence electrons. The number of amides is 1. The van der Waals surface area contributed by atoms with Crippen LogP contribution in [0.4, 0.5) is 5.69 Å². The summed E-state index contributed by atoms with van der Waals surface area (Å²) in [6.45, 7) is 5.14. The minimum atomic E-state index is -1.26. The van der Waals surface area contributed by atoms with Gasteiger partial charge in [-0.1, -0.05) is 30.4 Å². The Morgan fingerprint density at radius 2 is 1.89 bits per heavy atom. The van der Waals surface area contributed by atoms with Gasteiger partial charge in [-0.3, -0.25) is 9.69 Å². The van der Waals surface area contributed by atoms with E-state index < -0.39 is 5.79 Å². The number of para-hydroxylation sites is 1. The van der Waals surface area contributed by atoms with Crippen molar-refractivity contribution in [2.75, 3.05) is 51.1 Å². The van der Waals surface area contributed by atoms with E-state index in [0.29, 0.717) is 31.7 Å². The number of hydrogen-bond acceptors (Lipinski definition) is 4. The maximum Gasteiger partial charge on any atom is 0.296 e. The number of morpholine rings is 1. The first kappa shape index (κ1) is 17.2. The Labute approximate surface area is 165 Å². The van der Waals surface area contributed by atoms with Crippen molar-refractivity contribution in [3.05, 3.63) is 42.0 Å². The van der Waals surface area contributed by atoms with Crippen molar-refractivity contribution < 1.29 is 23.9 Å². The number of fused-ring (bicyclic) bond motifs is 5. The Hall–Kier alpha value is -1.73. The molecule has 6 heteroatoms. The van der Waals surface area contributed by atoms with Crippen LogP contribution >= 0.6 is 0 Å². The number of quaternary nitrogens is 1. The SMILES string of the molecule is O=C1N(C[NH+]2CCOCC2)c2ccccc2C12OCC1(CO2)C[C@@H]2C=C[C@@H]1C2. The lowest BCUT2D eigenvalue weighted by atomic mass is 9.76. The molecule has 1 amide bonds. The molecule has 0 radical (unpaired) electrons. The summed E-state index contributed by atoms with van der Waals surface area (Å²) < 4.78 is 18.3. The molecule has 28 heavy (non-hydrogen) atoms. The molecule has 2 atom stereocenters. The lowest BCUT2D eigenvalue weighted by molar-refractivity contribution is -0.906. The number of anilines is 1. The van der Waals surface area contributed by atoms with Gasteiger partial charge in [-0.15, -0.1) is 0 Å². The van der Waals surface area contributed by atoms with Gasteiger partial charge in [-0.05, 0) is 30.7 Å². The van der Waals surface area contributed by atoms with E-state index in [-0.39, 0.29) is 11.3 Å². The zero-order valence-electron chi connectivity index (χ0n) is 16.1. The van der Waals surface area contributed by atoms with Crippen molar-refractivity contribution in [2.45, 2.75) is 18.6 Å². The summed E-state index contributed by atoms with van der Waals surface area (Å²) in [6.07, 6.45) is 6.99. The van der Waals surface area contributed by atoms with E-state index in [1.165, 1.54) is 11.3 Å². The summed E-state index contributed by atoms with van der Waals surface area (Å²) in [5.74, 6) is -0.157. The van der Waals surface area contributed by atoms with Crippen molar-refractivity contribution in [3.63, 3.8) is 0 Å². The molecule has 1 saturated carbocycles. The van der Waals surface area contributed by atoms with Gasteiger partial charge < -0.3 is 19.1 Å². The Kier molecular flexibility index (Phi) is 3.76. The van der Waals surface area contributed by atoms with E-state index in [2.05, 4.69) is 12.2 Å². The highest BCUT2D eigenvalue weighted by atomic mass is 16.7. The highest BCUT2D eigenvalue weighted by molar-refractivity contribution is 6.05. The molecule has 6 rings (SSSR count). The molecule has 0 unspecified atom stereocenters. The first-order valence-corrected chi connectivity index (χ1v) is 10.5. The second-order valence-corrected chi connectivity index (χ2v) is 9.02. The number of nitrogens with zero attached hydrogens (tertiary/aromatic N) is 1. The largest absolute Gasteiger partial charge is 0.370 e. The summed E-state index contributed by atoms with van der Waals surface area (Å²) in [4.78, 5) is 16.8. The number of carbonyl (C=O) groups is 1. The molecule has 6 nitrogen and oxygen atoms in total. The predicted molar refractivity (Wildman–Crippen MR) is 102 cm³/mol. The maximum atomic E-state index is 13.6. The average molecular weight is 383 g/mol. The summed E-state index contributed by atoms with van der Waals surface area (Å²) >= 11 is 0. The molecule has 1 aromatic carbocycles. The zero-order chi connectivity index (χ0) is 18.8. The van der Waals surface area contributed by atoms with E-state index in [0.717, 1.165) is 44.0 Å². The van der Waals surface area contributed by atoms with E-state index >= 15 is 0 Å². The fourth-order valence-corrected chi connectivity index (χ4v) is 5.83. The van der Waals surface area contributed by atoms with Crippen LogP contribution in [0.25, 0.3) is 0 Å². The normalized spacial score (nSPS) is 39.4. The molecule has 2 spiro atoms. The molecule has 5 aliphatic rings. The van der Waals surface area contributed by atoms with E-state index in [9.17, 15) is 4.79 Å². The standard InChI is InChI=1S/C22H26N2O4/c25-20-22(27-13-21(14-28-22)12-16-5-6-17(21)11-16)18-3-1-2-4-19(18)24(20)15-23-7-9-26-10-8-23/h1-6,16-17H,7-15H2/p+1/t16-,17-,21?,22?/m1/s1. The van der Waals surface area contributed by atoms with Crippen LogP contribution < -0.4 is 9.80 Å². The summed E-state index contributed by atoms with van der Waals surface area (Å²) in [7, 11) is 0. The average Bonchev–Trinajstić information content (AvgIpc) is 3.40. The van der Waals surface area contributed by atoms with Gasteiger partial charge in [-0.2, -0.15) is 0 Å². The van der Waals surface area contributed by atoms with Gasteiger partial charge in [0, 0.05) is 11.0 Å². The number of carbonyl (C=O) groups excluding carboxylic acids is 1. The molecule has 2 bridgehead atoms. The minimum Gasteiger partial charge on any atom is -0.370 e. The van der Waals surface area contributed by atoms with Crippen molar-refractivity contribution in [1.82, 2.24) is 0 Å². The fraction of sp³-hybridized carbons (Fsp3) is 0.591. The highest BCUT2D eigenvalue weighted by Gasteiger charge is 2.61. The number of ether oxygens (including phenoxy) is 3. The summed E-state index contributed by atoms with van der Waals surface area (Å²) in [5.41, 5.74) is 1.83. The van der Waals surface area contributed by atoms with Crippen molar-refractivity contribution in [1.29, 1.82) is 0 Å². The highest BCUT2D eigenvalue weighted by Crippen LogP contribution is 2.57. The van der Waals surface area contributed by atoms with Gasteiger partial charge in [0.05, 0.1) is 32.1 Å². The third kappa shape index (κ3) is 2.32. The van der Waals surface area contributed by atoms with Gasteiger partial charge in [0.15, 0.2) is 6.67 Å². The number of hydrogen-bond donors (Lipinski definition) is 1. The number of rotatable bonds is 2. The first-order chi connectivity index (χ1) is 13.7. The van der Waals surface area contributed by atoms with Crippen molar-refractivity contribution in [3.8, 4) is 0 Å². The van der Waals surface area contributed by atoms with Crippen molar-refractivity contribution in [2.24, 2.45) is 17.3 Å². The predicted octanol–water partition coefficient (Wildman–Crippen LogP) is 0.688. The van der Waals surface area contributed by atoms with Crippen LogP contribution in [-0.4, -0.2) is 52.1 Å². The molecule has 3 fully saturated rings. The number of allylic oxidation sites excluding steroid dienone is 2. The van der Waals surface area contributed by atoms with Crippen molar-refractivity contribution >= 4 is 11.6 Å². The molecule has 1 aromatic rings. The van der Waals surface area contributed by atoms with E-state index in [4.69, 9.17) is 14.2 Å². The van der Waals surface area contributed by atoms with Crippen LogP contribution in [0.3, 0.4) is 0 Å².